The number of carbonyl (C=O) groups is 2. The fourth-order valence-electron chi connectivity index (χ4n) is 3.81. The summed E-state index contributed by atoms with van der Waals surface area (Å²) in [5, 5.41) is 12.8. The van der Waals surface area contributed by atoms with E-state index >= 15 is 0 Å². The SMILES string of the molecule is CCC1CN(C(=O)c2cc(NC(C)=O)ccc2F)C(CC)CN1CC(C)(C)O. The Hall–Kier alpha value is -1.99. The zero-order chi connectivity index (χ0) is 21.1. The number of nitrogens with zero attached hydrogens (tertiary/aromatic N) is 2. The normalized spacial score (nSPS) is 20.9. The number of hydrogen-bond acceptors (Lipinski definition) is 4. The molecular weight excluding hydrogens is 361 g/mol. The molecule has 6 nitrogen and oxygen atoms in total. The molecule has 1 saturated heterocycles. The Kier molecular flexibility index (Phi) is 7.17. The van der Waals surface area contributed by atoms with Gasteiger partial charge in [-0.2, -0.15) is 0 Å². The number of hydrogen-bond donors (Lipinski definition) is 2. The Labute approximate surface area is 166 Å². The molecule has 7 heteroatoms. The van der Waals surface area contributed by atoms with E-state index in [0.717, 1.165) is 12.8 Å². The molecule has 2 N–H and O–H groups in total. The minimum Gasteiger partial charge on any atom is -0.389 e. The third-order valence-electron chi connectivity index (χ3n) is 5.12. The molecule has 0 radical (unpaired) electrons. The van der Waals surface area contributed by atoms with Gasteiger partial charge in [0.05, 0.1) is 11.2 Å². The number of anilines is 1. The van der Waals surface area contributed by atoms with Crippen molar-refractivity contribution in [1.82, 2.24) is 9.80 Å². The lowest BCUT2D eigenvalue weighted by atomic mass is 9.98. The van der Waals surface area contributed by atoms with Gasteiger partial charge in [-0.1, -0.05) is 13.8 Å². The Bertz CT molecular complexity index is 717. The third-order valence-corrected chi connectivity index (χ3v) is 5.12. The average molecular weight is 394 g/mol. The maximum atomic E-state index is 14.4. The molecule has 2 unspecified atom stereocenters. The lowest BCUT2D eigenvalue weighted by molar-refractivity contribution is -0.114. The molecule has 1 aromatic rings. The van der Waals surface area contributed by atoms with Gasteiger partial charge in [0.15, 0.2) is 0 Å². The Morgan fingerprint density at radius 2 is 1.86 bits per heavy atom. The summed E-state index contributed by atoms with van der Waals surface area (Å²) in [6.45, 7) is 10.6. The van der Waals surface area contributed by atoms with Crippen LogP contribution < -0.4 is 5.32 Å². The molecule has 2 amide bonds. The molecule has 0 aromatic heterocycles. The Morgan fingerprint density at radius 1 is 1.21 bits per heavy atom. The molecular formula is C21H32FN3O3. The molecule has 1 aliphatic rings. The van der Waals surface area contributed by atoms with Gasteiger partial charge in [0.1, 0.15) is 5.82 Å². The number of piperazine rings is 1. The number of aliphatic hydroxyl groups is 1. The van der Waals surface area contributed by atoms with Gasteiger partial charge in [0.2, 0.25) is 5.91 Å². The topological polar surface area (TPSA) is 72.9 Å². The first kappa shape index (κ1) is 22.3. The third kappa shape index (κ3) is 5.52. The van der Waals surface area contributed by atoms with Gasteiger partial charge in [-0.25, -0.2) is 4.39 Å². The maximum Gasteiger partial charge on any atom is 0.257 e. The first-order valence-corrected chi connectivity index (χ1v) is 9.90. The van der Waals surface area contributed by atoms with E-state index in [1.807, 2.05) is 6.92 Å². The van der Waals surface area contributed by atoms with Crippen LogP contribution in [0, 0.1) is 5.82 Å². The van der Waals surface area contributed by atoms with Crippen LogP contribution >= 0.6 is 0 Å². The van der Waals surface area contributed by atoms with Crippen molar-refractivity contribution in [3.8, 4) is 0 Å². The summed E-state index contributed by atoms with van der Waals surface area (Å²) in [7, 11) is 0. The second kappa shape index (κ2) is 9.01. The quantitative estimate of drug-likeness (QED) is 0.780. The van der Waals surface area contributed by atoms with Crippen LogP contribution in [-0.2, 0) is 4.79 Å². The van der Waals surface area contributed by atoms with Crippen LogP contribution in [0.25, 0.3) is 0 Å². The van der Waals surface area contributed by atoms with Gasteiger partial charge < -0.3 is 15.3 Å². The van der Waals surface area contributed by atoms with Crippen LogP contribution in [0.5, 0.6) is 0 Å². The van der Waals surface area contributed by atoms with E-state index < -0.39 is 11.4 Å². The van der Waals surface area contributed by atoms with Crippen molar-refractivity contribution in [2.24, 2.45) is 0 Å². The van der Waals surface area contributed by atoms with Gasteiger partial charge in [-0.05, 0) is 44.9 Å². The van der Waals surface area contributed by atoms with Gasteiger partial charge in [0.25, 0.3) is 5.91 Å². The summed E-state index contributed by atoms with van der Waals surface area (Å²) in [4.78, 5) is 28.4. The fourth-order valence-corrected chi connectivity index (χ4v) is 3.81. The van der Waals surface area contributed by atoms with Gasteiger partial charge >= 0.3 is 0 Å². The fraction of sp³-hybridized carbons (Fsp3) is 0.619. The van der Waals surface area contributed by atoms with Crippen molar-refractivity contribution < 1.29 is 19.1 Å². The van der Waals surface area contributed by atoms with Crippen LogP contribution in [0.15, 0.2) is 18.2 Å². The van der Waals surface area contributed by atoms with Crippen molar-refractivity contribution in [3.05, 3.63) is 29.6 Å². The van der Waals surface area contributed by atoms with Crippen molar-refractivity contribution in [2.75, 3.05) is 25.0 Å². The summed E-state index contributed by atoms with van der Waals surface area (Å²) in [5.74, 6) is -1.23. The maximum absolute atomic E-state index is 14.4. The molecule has 0 spiro atoms. The second-order valence-corrected chi connectivity index (χ2v) is 8.20. The molecule has 1 heterocycles. The number of amides is 2. The highest BCUT2D eigenvalue weighted by molar-refractivity contribution is 5.97. The summed E-state index contributed by atoms with van der Waals surface area (Å²) in [6, 6.07) is 4.08. The van der Waals surface area contributed by atoms with E-state index in [1.54, 1.807) is 18.7 Å². The van der Waals surface area contributed by atoms with E-state index in [0.29, 0.717) is 25.3 Å². The molecule has 1 aromatic carbocycles. The van der Waals surface area contributed by atoms with Crippen molar-refractivity contribution in [2.45, 2.75) is 65.1 Å². The average Bonchev–Trinajstić information content (AvgIpc) is 2.60. The summed E-state index contributed by atoms with van der Waals surface area (Å²) < 4.78 is 14.4. The summed E-state index contributed by atoms with van der Waals surface area (Å²) in [6.07, 6.45) is 1.56. The molecule has 1 aliphatic heterocycles. The van der Waals surface area contributed by atoms with E-state index in [-0.39, 0.29) is 29.5 Å². The molecule has 0 aliphatic carbocycles. The molecule has 28 heavy (non-hydrogen) atoms. The summed E-state index contributed by atoms with van der Waals surface area (Å²) >= 11 is 0. The van der Waals surface area contributed by atoms with Crippen LogP contribution in [0.4, 0.5) is 10.1 Å². The highest BCUT2D eigenvalue weighted by atomic mass is 19.1. The molecule has 1 fully saturated rings. The number of nitrogens with one attached hydrogen (secondary N) is 1. The number of benzene rings is 1. The van der Waals surface area contributed by atoms with Crippen LogP contribution in [0.3, 0.4) is 0 Å². The Balaban J connectivity index is 2.28. The van der Waals surface area contributed by atoms with E-state index in [4.69, 9.17) is 0 Å². The smallest absolute Gasteiger partial charge is 0.257 e. The monoisotopic (exact) mass is 393 g/mol. The first-order chi connectivity index (χ1) is 13.1. The van der Waals surface area contributed by atoms with E-state index in [2.05, 4.69) is 17.1 Å². The predicted octanol–water partition coefficient (Wildman–Crippen LogP) is 2.87. The Morgan fingerprint density at radius 3 is 2.39 bits per heavy atom. The second-order valence-electron chi connectivity index (χ2n) is 8.20. The highest BCUT2D eigenvalue weighted by Gasteiger charge is 2.37. The van der Waals surface area contributed by atoms with Crippen molar-refractivity contribution in [1.29, 1.82) is 0 Å². The van der Waals surface area contributed by atoms with Crippen LogP contribution in [0.2, 0.25) is 0 Å². The largest absolute Gasteiger partial charge is 0.389 e. The van der Waals surface area contributed by atoms with Crippen molar-refractivity contribution in [3.63, 3.8) is 0 Å². The molecule has 156 valence electrons. The minimum absolute atomic E-state index is 0.0320. The van der Waals surface area contributed by atoms with E-state index in [9.17, 15) is 19.1 Å². The molecule has 2 atom stereocenters. The van der Waals surface area contributed by atoms with Gasteiger partial charge in [-0.3, -0.25) is 14.5 Å². The van der Waals surface area contributed by atoms with Crippen LogP contribution in [-0.4, -0.2) is 64.0 Å². The number of β-amino-alcohol motifs (C(OH)–C–C–N with tert-alkyl or cyclic N) is 1. The molecule has 0 saturated carbocycles. The lowest BCUT2D eigenvalue weighted by Gasteiger charge is -2.47. The number of rotatable bonds is 6. The van der Waals surface area contributed by atoms with Crippen molar-refractivity contribution >= 4 is 17.5 Å². The lowest BCUT2D eigenvalue weighted by Crippen LogP contribution is -2.61. The van der Waals surface area contributed by atoms with E-state index in [1.165, 1.54) is 25.1 Å². The first-order valence-electron chi connectivity index (χ1n) is 9.90. The number of carbonyl (C=O) groups excluding carboxylic acids is 2. The zero-order valence-electron chi connectivity index (χ0n) is 17.5. The zero-order valence-corrected chi connectivity index (χ0v) is 17.5. The van der Waals surface area contributed by atoms with Gasteiger partial charge in [-0.15, -0.1) is 0 Å². The number of halogens is 1. The minimum atomic E-state index is -0.823. The molecule has 0 bridgehead atoms. The standard InChI is InChI=1S/C21H32FN3O3/c1-6-16-12-25(17(7-2)11-24(16)13-21(4,5)28)20(27)18-10-15(23-14(3)26)8-9-19(18)22/h8-10,16-17,28H,6-7,11-13H2,1-5H3,(H,23,26). The predicted molar refractivity (Wildman–Crippen MR) is 108 cm³/mol. The van der Waals surface area contributed by atoms with Gasteiger partial charge in [0, 0.05) is 44.3 Å². The molecule has 2 rings (SSSR count). The summed E-state index contributed by atoms with van der Waals surface area (Å²) in [5.41, 5.74) is -0.454. The van der Waals surface area contributed by atoms with Crippen LogP contribution in [0.1, 0.15) is 57.8 Å². The highest BCUT2D eigenvalue weighted by Crippen LogP contribution is 2.25.